The van der Waals surface area contributed by atoms with E-state index in [4.69, 9.17) is 5.73 Å². The van der Waals surface area contributed by atoms with E-state index in [0.717, 1.165) is 10.0 Å². The maximum Gasteiger partial charge on any atom is 0.180 e. The van der Waals surface area contributed by atoms with Gasteiger partial charge in [-0.25, -0.2) is 4.98 Å². The molecule has 0 amide bonds. The number of nitrogens with zero attached hydrogens (tertiary/aromatic N) is 1. The van der Waals surface area contributed by atoms with Crippen LogP contribution in [0.15, 0.2) is 47.1 Å². The first-order chi connectivity index (χ1) is 8.58. The highest BCUT2D eigenvalue weighted by atomic mass is 79.9. The molecule has 0 saturated heterocycles. The Morgan fingerprint density at radius 1 is 1.28 bits per heavy atom. The Morgan fingerprint density at radius 2 is 2.06 bits per heavy atom. The Hall–Kier alpha value is -1.20. The predicted octanol–water partition coefficient (Wildman–Crippen LogP) is 3.75. The second kappa shape index (κ2) is 5.63. The molecule has 0 saturated carbocycles. The lowest BCUT2D eigenvalue weighted by atomic mass is 10.0. The van der Waals surface area contributed by atoms with Gasteiger partial charge < -0.3 is 5.73 Å². The maximum absolute atomic E-state index is 12.3. The summed E-state index contributed by atoms with van der Waals surface area (Å²) in [7, 11) is 0. The second-order valence-electron chi connectivity index (χ2n) is 3.75. The van der Waals surface area contributed by atoms with Crippen LogP contribution in [0, 0.1) is 0 Å². The SMILES string of the molecule is Nc1cc([C@@H](Br)C(=O)c2cccc(Br)c2)ccn1. The Labute approximate surface area is 122 Å². The van der Waals surface area contributed by atoms with Crippen LogP contribution in [0.25, 0.3) is 0 Å². The van der Waals surface area contributed by atoms with Gasteiger partial charge in [-0.2, -0.15) is 0 Å². The first kappa shape index (κ1) is 13.2. The quantitative estimate of drug-likeness (QED) is 0.662. The molecule has 18 heavy (non-hydrogen) atoms. The van der Waals surface area contributed by atoms with Gasteiger partial charge in [-0.05, 0) is 29.8 Å². The molecule has 0 bridgehead atoms. The van der Waals surface area contributed by atoms with Crippen LogP contribution in [0.3, 0.4) is 0 Å². The number of hydrogen-bond acceptors (Lipinski definition) is 3. The molecule has 2 N–H and O–H groups in total. The van der Waals surface area contributed by atoms with Gasteiger partial charge in [-0.3, -0.25) is 4.79 Å². The van der Waals surface area contributed by atoms with Crippen LogP contribution in [0.5, 0.6) is 0 Å². The van der Waals surface area contributed by atoms with E-state index in [1.54, 1.807) is 30.5 Å². The van der Waals surface area contributed by atoms with Gasteiger partial charge in [-0.15, -0.1) is 0 Å². The summed E-state index contributed by atoms with van der Waals surface area (Å²) in [4.78, 5) is 15.8. The number of pyridine rings is 1. The molecule has 2 rings (SSSR count). The fourth-order valence-electron chi connectivity index (χ4n) is 1.56. The number of halogens is 2. The van der Waals surface area contributed by atoms with E-state index < -0.39 is 4.83 Å². The third kappa shape index (κ3) is 2.97. The number of alkyl halides is 1. The largest absolute Gasteiger partial charge is 0.384 e. The molecule has 0 unspecified atom stereocenters. The first-order valence-corrected chi connectivity index (χ1v) is 6.94. The average Bonchev–Trinajstić information content (AvgIpc) is 2.37. The van der Waals surface area contributed by atoms with Crippen LogP contribution >= 0.6 is 31.9 Å². The molecule has 2 aromatic rings. The second-order valence-corrected chi connectivity index (χ2v) is 5.58. The van der Waals surface area contributed by atoms with Crippen LogP contribution < -0.4 is 5.73 Å². The summed E-state index contributed by atoms with van der Waals surface area (Å²) in [6.45, 7) is 0. The van der Waals surface area contributed by atoms with Crippen molar-refractivity contribution in [3.8, 4) is 0 Å². The molecule has 0 aliphatic heterocycles. The third-order valence-corrected chi connectivity index (χ3v) is 3.87. The Morgan fingerprint density at radius 3 is 2.72 bits per heavy atom. The smallest absolute Gasteiger partial charge is 0.180 e. The molecule has 3 nitrogen and oxygen atoms in total. The number of ketones is 1. The zero-order valence-electron chi connectivity index (χ0n) is 9.31. The summed E-state index contributed by atoms with van der Waals surface area (Å²) < 4.78 is 0.877. The van der Waals surface area contributed by atoms with Crippen molar-refractivity contribution in [1.29, 1.82) is 0 Å². The summed E-state index contributed by atoms with van der Waals surface area (Å²) in [6, 6.07) is 10.7. The van der Waals surface area contributed by atoms with Crippen LogP contribution in [0.2, 0.25) is 0 Å². The zero-order valence-corrected chi connectivity index (χ0v) is 12.5. The minimum absolute atomic E-state index is 0.0121. The highest BCUT2D eigenvalue weighted by Gasteiger charge is 2.19. The van der Waals surface area contributed by atoms with E-state index in [1.165, 1.54) is 0 Å². The van der Waals surface area contributed by atoms with Gasteiger partial charge in [0.25, 0.3) is 0 Å². The summed E-state index contributed by atoms with van der Waals surface area (Å²) >= 11 is 6.75. The molecular weight excluding hydrogens is 360 g/mol. The van der Waals surface area contributed by atoms with Crippen LogP contribution in [0.1, 0.15) is 20.7 Å². The topological polar surface area (TPSA) is 56.0 Å². The molecule has 0 radical (unpaired) electrons. The predicted molar refractivity (Wildman–Crippen MR) is 78.8 cm³/mol. The van der Waals surface area contributed by atoms with Crippen molar-refractivity contribution < 1.29 is 4.79 Å². The van der Waals surface area contributed by atoms with E-state index in [-0.39, 0.29) is 5.78 Å². The van der Waals surface area contributed by atoms with Gasteiger partial charge in [-0.1, -0.05) is 44.0 Å². The van der Waals surface area contributed by atoms with Crippen LogP contribution in [-0.2, 0) is 0 Å². The van der Waals surface area contributed by atoms with E-state index in [2.05, 4.69) is 36.8 Å². The Bertz CT molecular complexity index is 587. The molecule has 0 aliphatic carbocycles. The first-order valence-electron chi connectivity index (χ1n) is 5.23. The lowest BCUT2D eigenvalue weighted by molar-refractivity contribution is 0.0991. The molecule has 5 heteroatoms. The van der Waals surface area contributed by atoms with Gasteiger partial charge in [0, 0.05) is 16.2 Å². The molecule has 0 spiro atoms. The van der Waals surface area contributed by atoms with E-state index in [9.17, 15) is 4.79 Å². The van der Waals surface area contributed by atoms with E-state index in [0.29, 0.717) is 11.4 Å². The average molecular weight is 370 g/mol. The Kier molecular flexibility index (Phi) is 4.14. The third-order valence-electron chi connectivity index (χ3n) is 2.44. The fraction of sp³-hybridized carbons (Fsp3) is 0.0769. The van der Waals surface area contributed by atoms with E-state index >= 15 is 0 Å². The molecule has 1 heterocycles. The molecule has 1 aromatic heterocycles. The fourth-order valence-corrected chi connectivity index (χ4v) is 2.51. The molecular formula is C13H10Br2N2O. The molecule has 1 aromatic carbocycles. The van der Waals surface area contributed by atoms with Crippen molar-refractivity contribution in [2.45, 2.75) is 4.83 Å². The number of rotatable bonds is 3. The summed E-state index contributed by atoms with van der Waals surface area (Å²) in [5.74, 6) is 0.390. The van der Waals surface area contributed by atoms with Crippen LogP contribution in [-0.4, -0.2) is 10.8 Å². The minimum Gasteiger partial charge on any atom is -0.384 e. The van der Waals surface area contributed by atoms with Crippen molar-refractivity contribution in [2.24, 2.45) is 0 Å². The molecule has 92 valence electrons. The summed E-state index contributed by atoms with van der Waals surface area (Å²) in [5.41, 5.74) is 7.05. The number of carbonyl (C=O) groups excluding carboxylic acids is 1. The van der Waals surface area contributed by atoms with Gasteiger partial charge in [0.15, 0.2) is 5.78 Å². The van der Waals surface area contributed by atoms with Gasteiger partial charge >= 0.3 is 0 Å². The highest BCUT2D eigenvalue weighted by Crippen LogP contribution is 2.28. The summed E-state index contributed by atoms with van der Waals surface area (Å²) in [6.07, 6.45) is 1.59. The normalized spacial score (nSPS) is 12.1. The standard InChI is InChI=1S/C13H10Br2N2O/c14-10-3-1-2-9(6-10)13(18)12(15)8-4-5-17-11(16)7-8/h1-7,12H,(H2,16,17)/t12-/m1/s1. The number of benzene rings is 1. The number of aromatic nitrogens is 1. The minimum atomic E-state index is -0.419. The van der Waals surface area contributed by atoms with E-state index in [1.807, 2.05) is 12.1 Å². The van der Waals surface area contributed by atoms with Gasteiger partial charge in [0.05, 0.1) is 0 Å². The van der Waals surface area contributed by atoms with Crippen molar-refractivity contribution in [2.75, 3.05) is 5.73 Å². The van der Waals surface area contributed by atoms with Gasteiger partial charge in [0.2, 0.25) is 0 Å². The van der Waals surface area contributed by atoms with Crippen molar-refractivity contribution >= 4 is 43.5 Å². The van der Waals surface area contributed by atoms with Crippen molar-refractivity contribution in [3.05, 3.63) is 58.2 Å². The number of carbonyl (C=O) groups is 1. The number of nitrogen functional groups attached to an aromatic ring is 1. The Balaban J connectivity index is 2.29. The summed E-state index contributed by atoms with van der Waals surface area (Å²) in [5, 5.41) is 0. The highest BCUT2D eigenvalue weighted by molar-refractivity contribution is 9.10. The number of nitrogens with two attached hydrogens (primary N) is 1. The number of Topliss-reactive ketones (excluding diaryl/α,β-unsaturated/α-hetero) is 1. The maximum atomic E-state index is 12.3. The molecule has 0 fully saturated rings. The number of anilines is 1. The lowest BCUT2D eigenvalue weighted by Crippen LogP contribution is -2.07. The zero-order chi connectivity index (χ0) is 13.1. The van der Waals surface area contributed by atoms with Gasteiger partial charge in [0.1, 0.15) is 10.6 Å². The number of hydrogen-bond donors (Lipinski definition) is 1. The molecule has 0 aliphatic rings. The van der Waals surface area contributed by atoms with Crippen molar-refractivity contribution in [3.63, 3.8) is 0 Å². The monoisotopic (exact) mass is 368 g/mol. The lowest BCUT2D eigenvalue weighted by Gasteiger charge is -2.09. The van der Waals surface area contributed by atoms with Crippen molar-refractivity contribution in [1.82, 2.24) is 4.98 Å². The molecule has 1 atom stereocenters. The van der Waals surface area contributed by atoms with Crippen LogP contribution in [0.4, 0.5) is 5.82 Å².